The van der Waals surface area contributed by atoms with Crippen molar-refractivity contribution in [3.05, 3.63) is 20.9 Å². The maximum atomic E-state index is 11.9. The summed E-state index contributed by atoms with van der Waals surface area (Å²) in [5.74, 6) is -0.638. The minimum absolute atomic E-state index is 0.00121. The fraction of sp³-hybridized carbons (Fsp3) is 0.300. The maximum absolute atomic E-state index is 11.9. The lowest BCUT2D eigenvalue weighted by molar-refractivity contribution is 0.0939. The number of nitrogens with zero attached hydrogens (tertiary/aromatic N) is 1. The normalized spacial score (nSPS) is 10.0. The number of nitrogens with one attached hydrogen (secondary N) is 3. The van der Waals surface area contributed by atoms with Crippen LogP contribution >= 0.6 is 47.0 Å². The van der Waals surface area contributed by atoms with Crippen molar-refractivity contribution in [3.63, 3.8) is 0 Å². The van der Waals surface area contributed by atoms with Crippen LogP contribution in [0.2, 0.25) is 15.2 Å². The van der Waals surface area contributed by atoms with Gasteiger partial charge in [-0.3, -0.25) is 15.6 Å². The summed E-state index contributed by atoms with van der Waals surface area (Å²) in [5, 5.41) is 2.95. The number of pyridine rings is 1. The number of rotatable bonds is 3. The number of nitrogens with two attached hydrogens (primary N) is 1. The molecule has 0 fully saturated rings. The van der Waals surface area contributed by atoms with Gasteiger partial charge in [-0.25, -0.2) is 4.98 Å². The van der Waals surface area contributed by atoms with E-state index < -0.39 is 5.91 Å². The number of hydrogen-bond donors (Lipinski definition) is 4. The summed E-state index contributed by atoms with van der Waals surface area (Å²) in [7, 11) is 0. The Hall–Kier alpha value is -1.02. The SMILES string of the molecule is CCCNC(=S)NNC(=O)c1nc(Cl)c(Cl)c(N)c1Cl. The molecule has 1 aromatic rings. The number of nitrogen functional groups attached to an aromatic ring is 1. The highest BCUT2D eigenvalue weighted by atomic mass is 35.5. The van der Waals surface area contributed by atoms with Gasteiger partial charge in [0.25, 0.3) is 5.91 Å². The molecule has 1 heterocycles. The van der Waals surface area contributed by atoms with Crippen molar-refractivity contribution in [2.45, 2.75) is 13.3 Å². The smallest absolute Gasteiger partial charge is 0.289 e. The number of carbonyl (C=O) groups excluding carboxylic acids is 1. The molecule has 110 valence electrons. The van der Waals surface area contributed by atoms with Gasteiger partial charge in [0.2, 0.25) is 0 Å². The van der Waals surface area contributed by atoms with Gasteiger partial charge in [0.05, 0.1) is 10.7 Å². The molecule has 0 bridgehead atoms. The Bertz CT molecular complexity index is 540. The molecule has 6 nitrogen and oxygen atoms in total. The molecule has 0 aliphatic rings. The average Bonchev–Trinajstić information content (AvgIpc) is 2.44. The van der Waals surface area contributed by atoms with Gasteiger partial charge in [-0.15, -0.1) is 0 Å². The number of hydrazine groups is 1. The number of halogens is 3. The topological polar surface area (TPSA) is 92.1 Å². The summed E-state index contributed by atoms with van der Waals surface area (Å²) >= 11 is 22.3. The highest BCUT2D eigenvalue weighted by molar-refractivity contribution is 7.80. The molecule has 20 heavy (non-hydrogen) atoms. The van der Waals surface area contributed by atoms with Gasteiger partial charge in [-0.2, -0.15) is 0 Å². The van der Waals surface area contributed by atoms with E-state index in [0.29, 0.717) is 6.54 Å². The van der Waals surface area contributed by atoms with Gasteiger partial charge in [0.15, 0.2) is 16.0 Å². The molecule has 0 aliphatic heterocycles. The zero-order chi connectivity index (χ0) is 15.3. The molecular formula is C10H12Cl3N5OS. The molecule has 1 rings (SSSR count). The molecule has 0 saturated heterocycles. The van der Waals surface area contributed by atoms with Crippen molar-refractivity contribution in [2.75, 3.05) is 12.3 Å². The lowest BCUT2D eigenvalue weighted by atomic mass is 10.3. The van der Waals surface area contributed by atoms with E-state index in [1.807, 2.05) is 6.92 Å². The first-order valence-electron chi connectivity index (χ1n) is 5.52. The second kappa shape index (κ2) is 7.68. The van der Waals surface area contributed by atoms with E-state index >= 15 is 0 Å². The first kappa shape index (κ1) is 17.0. The molecule has 0 aromatic carbocycles. The van der Waals surface area contributed by atoms with Crippen LogP contribution in [-0.2, 0) is 0 Å². The lowest BCUT2D eigenvalue weighted by Crippen LogP contribution is -2.47. The summed E-state index contributed by atoms with van der Waals surface area (Å²) in [6.07, 6.45) is 0.895. The minimum atomic E-state index is -0.638. The van der Waals surface area contributed by atoms with Crippen LogP contribution in [0.5, 0.6) is 0 Å². The van der Waals surface area contributed by atoms with Crippen LogP contribution in [0.3, 0.4) is 0 Å². The Kier molecular flexibility index (Phi) is 6.54. The standard InChI is InChI=1S/C10H12Cl3N5OS/c1-2-3-15-10(20)18-17-9(19)7-4(11)6(14)5(12)8(13)16-7/h2-3H2,1H3,(H2,14,16)(H,17,19)(H2,15,18,20). The van der Waals surface area contributed by atoms with Crippen LogP contribution in [0.4, 0.5) is 5.69 Å². The van der Waals surface area contributed by atoms with E-state index in [4.69, 9.17) is 52.8 Å². The second-order valence-corrected chi connectivity index (χ2v) is 5.15. The molecule has 1 amide bonds. The fourth-order valence-electron chi connectivity index (χ4n) is 1.14. The Labute approximate surface area is 136 Å². The van der Waals surface area contributed by atoms with Crippen molar-refractivity contribution in [3.8, 4) is 0 Å². The van der Waals surface area contributed by atoms with Crippen LogP contribution in [0, 0.1) is 0 Å². The van der Waals surface area contributed by atoms with E-state index in [0.717, 1.165) is 6.42 Å². The summed E-state index contributed by atoms with van der Waals surface area (Å²) in [5.41, 5.74) is 10.3. The van der Waals surface area contributed by atoms with Crippen molar-refractivity contribution >= 4 is 63.7 Å². The van der Waals surface area contributed by atoms with Crippen LogP contribution < -0.4 is 21.9 Å². The number of carbonyl (C=O) groups is 1. The number of hydrogen-bond acceptors (Lipinski definition) is 4. The van der Waals surface area contributed by atoms with E-state index in [2.05, 4.69) is 21.2 Å². The molecular weight excluding hydrogens is 345 g/mol. The predicted octanol–water partition coefficient (Wildman–Crippen LogP) is 2.14. The van der Waals surface area contributed by atoms with Crippen LogP contribution in [0.15, 0.2) is 0 Å². The largest absolute Gasteiger partial charge is 0.396 e. The van der Waals surface area contributed by atoms with Gasteiger partial charge in [0, 0.05) is 6.54 Å². The summed E-state index contributed by atoms with van der Waals surface area (Å²) in [6, 6.07) is 0. The molecule has 0 aliphatic carbocycles. The van der Waals surface area contributed by atoms with Gasteiger partial charge in [-0.1, -0.05) is 41.7 Å². The first-order chi connectivity index (χ1) is 9.38. The quantitative estimate of drug-likeness (QED) is 0.377. The van der Waals surface area contributed by atoms with Gasteiger partial charge >= 0.3 is 0 Å². The van der Waals surface area contributed by atoms with Crippen molar-refractivity contribution in [1.29, 1.82) is 0 Å². The summed E-state index contributed by atoms with van der Waals surface area (Å²) in [6.45, 7) is 2.66. The fourth-order valence-corrected chi connectivity index (χ4v) is 1.88. The third-order valence-corrected chi connectivity index (χ3v) is 3.49. The minimum Gasteiger partial charge on any atom is -0.396 e. The second-order valence-electron chi connectivity index (χ2n) is 3.63. The third-order valence-electron chi connectivity index (χ3n) is 2.11. The van der Waals surface area contributed by atoms with Crippen molar-refractivity contribution in [1.82, 2.24) is 21.2 Å². The van der Waals surface area contributed by atoms with E-state index in [-0.39, 0.29) is 31.7 Å². The van der Waals surface area contributed by atoms with Crippen LogP contribution in [0.1, 0.15) is 23.8 Å². The number of anilines is 1. The zero-order valence-corrected chi connectivity index (χ0v) is 13.5. The molecule has 5 N–H and O–H groups in total. The molecule has 0 spiro atoms. The zero-order valence-electron chi connectivity index (χ0n) is 10.4. The van der Waals surface area contributed by atoms with E-state index in [1.54, 1.807) is 0 Å². The maximum Gasteiger partial charge on any atom is 0.289 e. The Balaban J connectivity index is 2.76. The molecule has 0 saturated carbocycles. The Morgan fingerprint density at radius 2 is 1.95 bits per heavy atom. The first-order valence-corrected chi connectivity index (χ1v) is 7.06. The molecule has 10 heteroatoms. The Morgan fingerprint density at radius 1 is 1.30 bits per heavy atom. The average molecular weight is 357 g/mol. The van der Waals surface area contributed by atoms with Gasteiger partial charge < -0.3 is 11.1 Å². The van der Waals surface area contributed by atoms with Crippen LogP contribution in [-0.4, -0.2) is 22.5 Å². The van der Waals surface area contributed by atoms with E-state index in [1.165, 1.54) is 0 Å². The van der Waals surface area contributed by atoms with Crippen molar-refractivity contribution in [2.24, 2.45) is 0 Å². The molecule has 1 aromatic heterocycles. The summed E-state index contributed by atoms with van der Waals surface area (Å²) < 4.78 is 0. The number of thiocarbonyl (C=S) groups is 1. The number of amides is 1. The summed E-state index contributed by atoms with van der Waals surface area (Å²) in [4.78, 5) is 15.7. The van der Waals surface area contributed by atoms with Gasteiger partial charge in [-0.05, 0) is 18.6 Å². The van der Waals surface area contributed by atoms with Crippen LogP contribution in [0.25, 0.3) is 0 Å². The molecule has 0 unspecified atom stereocenters. The molecule has 0 atom stereocenters. The van der Waals surface area contributed by atoms with Gasteiger partial charge in [0.1, 0.15) is 5.02 Å². The predicted molar refractivity (Wildman–Crippen MR) is 85.2 cm³/mol. The third kappa shape index (κ3) is 4.24. The lowest BCUT2D eigenvalue weighted by Gasteiger charge is -2.12. The van der Waals surface area contributed by atoms with Crippen molar-refractivity contribution < 1.29 is 4.79 Å². The highest BCUT2D eigenvalue weighted by Crippen LogP contribution is 2.34. The number of aromatic nitrogens is 1. The highest BCUT2D eigenvalue weighted by Gasteiger charge is 2.19. The molecule has 0 radical (unpaired) electrons. The van der Waals surface area contributed by atoms with E-state index in [9.17, 15) is 4.79 Å². The monoisotopic (exact) mass is 355 g/mol. The Morgan fingerprint density at radius 3 is 2.55 bits per heavy atom.